The topological polar surface area (TPSA) is 63.2 Å². The van der Waals surface area contributed by atoms with E-state index in [0.29, 0.717) is 13.2 Å². The van der Waals surface area contributed by atoms with Gasteiger partial charge in [-0.1, -0.05) is 25.1 Å². The third-order valence-corrected chi connectivity index (χ3v) is 5.48. The summed E-state index contributed by atoms with van der Waals surface area (Å²) >= 11 is 0. The number of aryl methyl sites for hydroxylation is 1. The number of H-pyrrole nitrogens is 1. The molecule has 1 aliphatic heterocycles. The first kappa shape index (κ1) is 18.9. The van der Waals surface area contributed by atoms with Crippen LogP contribution in [0.15, 0.2) is 35.3 Å². The van der Waals surface area contributed by atoms with Gasteiger partial charge in [-0.3, -0.25) is 9.69 Å². The van der Waals surface area contributed by atoms with E-state index in [1.165, 1.54) is 16.5 Å². The third-order valence-electron chi connectivity index (χ3n) is 5.48. The molecule has 28 heavy (non-hydrogen) atoms. The lowest BCUT2D eigenvalue weighted by atomic mass is 10.1. The van der Waals surface area contributed by atoms with Crippen molar-refractivity contribution in [1.29, 1.82) is 0 Å². The number of fused-ring (bicyclic) bond motifs is 2. The van der Waals surface area contributed by atoms with Gasteiger partial charge in [0.05, 0.1) is 17.9 Å². The number of nitrogens with zero attached hydrogens (tertiary/aromatic N) is 3. The zero-order chi connectivity index (χ0) is 19.5. The summed E-state index contributed by atoms with van der Waals surface area (Å²) in [5.41, 5.74) is 4.36. The second kappa shape index (κ2) is 8.29. The molecule has 0 radical (unpaired) electrons. The van der Waals surface area contributed by atoms with E-state index >= 15 is 0 Å². The first-order valence-electron chi connectivity index (χ1n) is 10.1. The molecule has 0 spiro atoms. The molecule has 2 aromatic heterocycles. The molecule has 1 N–H and O–H groups in total. The maximum absolute atomic E-state index is 12.6. The summed E-state index contributed by atoms with van der Waals surface area (Å²) in [5.74, 6) is 0.820. The van der Waals surface area contributed by atoms with Crippen molar-refractivity contribution in [2.24, 2.45) is 0 Å². The minimum atomic E-state index is 0.0284. The molecule has 6 heteroatoms. The van der Waals surface area contributed by atoms with Gasteiger partial charge in [-0.2, -0.15) is 0 Å². The highest BCUT2D eigenvalue weighted by Crippen LogP contribution is 2.24. The summed E-state index contributed by atoms with van der Waals surface area (Å²) in [5, 5.41) is 1.27. The van der Waals surface area contributed by atoms with Crippen LogP contribution in [-0.2, 0) is 37.2 Å². The van der Waals surface area contributed by atoms with Crippen LogP contribution < -0.4 is 5.56 Å². The average molecular weight is 380 g/mol. The van der Waals surface area contributed by atoms with E-state index in [0.717, 1.165) is 56.0 Å². The molecule has 0 aliphatic carbocycles. The van der Waals surface area contributed by atoms with Crippen molar-refractivity contribution >= 4 is 10.9 Å². The Balaban J connectivity index is 1.57. The Kier molecular flexibility index (Phi) is 5.59. The first-order valence-corrected chi connectivity index (χ1v) is 10.1. The summed E-state index contributed by atoms with van der Waals surface area (Å²) in [6.45, 7) is 6.04. The number of methoxy groups -OCH3 is 1. The molecule has 0 bridgehead atoms. The smallest absolute Gasteiger partial charge is 0.255 e. The van der Waals surface area contributed by atoms with E-state index < -0.39 is 0 Å². The van der Waals surface area contributed by atoms with E-state index in [2.05, 4.69) is 51.8 Å². The molecule has 1 aliphatic rings. The van der Waals surface area contributed by atoms with Crippen molar-refractivity contribution in [3.8, 4) is 0 Å². The predicted molar refractivity (Wildman–Crippen MR) is 110 cm³/mol. The van der Waals surface area contributed by atoms with Crippen molar-refractivity contribution in [2.75, 3.05) is 20.3 Å². The fourth-order valence-electron chi connectivity index (χ4n) is 4.09. The van der Waals surface area contributed by atoms with Crippen molar-refractivity contribution in [1.82, 2.24) is 19.4 Å². The predicted octanol–water partition coefficient (Wildman–Crippen LogP) is 2.88. The number of hydrogen-bond acceptors (Lipinski definition) is 4. The van der Waals surface area contributed by atoms with Gasteiger partial charge in [0.15, 0.2) is 0 Å². The highest BCUT2D eigenvalue weighted by Gasteiger charge is 2.22. The van der Waals surface area contributed by atoms with Gasteiger partial charge in [0, 0.05) is 63.2 Å². The largest absolute Gasteiger partial charge is 0.383 e. The molecular formula is C22H28N4O2. The van der Waals surface area contributed by atoms with Crippen molar-refractivity contribution in [3.63, 3.8) is 0 Å². The zero-order valence-corrected chi connectivity index (χ0v) is 16.7. The molecule has 0 saturated carbocycles. The second-order valence-electron chi connectivity index (χ2n) is 7.51. The molecule has 148 valence electrons. The molecule has 1 aromatic carbocycles. The summed E-state index contributed by atoms with van der Waals surface area (Å²) in [4.78, 5) is 22.6. The standard InChI is InChI=1S/C22H28N4O2/c1-3-6-21-23-19-9-10-25(15-18(19)22(27)24-21)13-16-14-26(11-12-28-2)20-8-5-4-7-17(16)20/h4-5,7-8,14H,3,6,9-13,15H2,1-2H3,(H,23,24,27). The van der Waals surface area contributed by atoms with Crippen LogP contribution in [0.5, 0.6) is 0 Å². The van der Waals surface area contributed by atoms with Crippen LogP contribution in [0.1, 0.15) is 36.0 Å². The van der Waals surface area contributed by atoms with Crippen molar-refractivity contribution < 1.29 is 4.74 Å². The lowest BCUT2D eigenvalue weighted by Crippen LogP contribution is -2.35. The fraction of sp³-hybridized carbons (Fsp3) is 0.455. The molecule has 0 amide bonds. The molecule has 0 saturated heterocycles. The van der Waals surface area contributed by atoms with E-state index in [1.54, 1.807) is 7.11 Å². The van der Waals surface area contributed by atoms with E-state index in [9.17, 15) is 4.79 Å². The minimum absolute atomic E-state index is 0.0284. The van der Waals surface area contributed by atoms with Crippen LogP contribution >= 0.6 is 0 Å². The van der Waals surface area contributed by atoms with Crippen LogP contribution in [0.3, 0.4) is 0 Å². The molecular weight excluding hydrogens is 352 g/mol. The first-order chi connectivity index (χ1) is 13.7. The van der Waals surface area contributed by atoms with Crippen LogP contribution in [0, 0.1) is 0 Å². The molecule has 0 atom stereocenters. The maximum atomic E-state index is 12.6. The van der Waals surface area contributed by atoms with Crippen LogP contribution in [0.4, 0.5) is 0 Å². The third kappa shape index (κ3) is 3.75. The summed E-state index contributed by atoms with van der Waals surface area (Å²) in [6, 6.07) is 8.49. The highest BCUT2D eigenvalue weighted by atomic mass is 16.5. The molecule has 0 fully saturated rings. The van der Waals surface area contributed by atoms with Gasteiger partial charge in [0.25, 0.3) is 5.56 Å². The Morgan fingerprint density at radius 2 is 2.14 bits per heavy atom. The van der Waals surface area contributed by atoms with Crippen molar-refractivity contribution in [3.05, 3.63) is 63.5 Å². The summed E-state index contributed by atoms with van der Waals surface area (Å²) < 4.78 is 7.52. The Labute approximate surface area is 165 Å². The Bertz CT molecular complexity index is 1020. The zero-order valence-electron chi connectivity index (χ0n) is 16.7. The summed E-state index contributed by atoms with van der Waals surface area (Å²) in [6.07, 6.45) is 4.87. The minimum Gasteiger partial charge on any atom is -0.383 e. The second-order valence-corrected chi connectivity index (χ2v) is 7.51. The van der Waals surface area contributed by atoms with Crippen LogP contribution in [0.25, 0.3) is 10.9 Å². The maximum Gasteiger partial charge on any atom is 0.255 e. The molecule has 3 heterocycles. The normalized spacial score (nSPS) is 14.5. The Morgan fingerprint density at radius 1 is 1.29 bits per heavy atom. The van der Waals surface area contributed by atoms with Crippen LogP contribution in [-0.4, -0.2) is 39.7 Å². The number of nitrogens with one attached hydrogen (secondary N) is 1. The highest BCUT2D eigenvalue weighted by molar-refractivity contribution is 5.83. The van der Waals surface area contributed by atoms with Gasteiger partial charge in [-0.25, -0.2) is 4.98 Å². The molecule has 4 rings (SSSR count). The SMILES string of the molecule is CCCc1nc2c(c(=O)[nH]1)CN(Cc1cn(CCOC)c3ccccc13)CC2. The van der Waals surface area contributed by atoms with Crippen molar-refractivity contribution in [2.45, 2.75) is 45.8 Å². The number of ether oxygens (including phenoxy) is 1. The molecule has 0 unspecified atom stereocenters. The quantitative estimate of drug-likeness (QED) is 0.685. The van der Waals surface area contributed by atoms with Gasteiger partial charge >= 0.3 is 0 Å². The number of benzene rings is 1. The van der Waals surface area contributed by atoms with Gasteiger partial charge < -0.3 is 14.3 Å². The van der Waals surface area contributed by atoms with E-state index in [4.69, 9.17) is 9.72 Å². The molecule has 6 nitrogen and oxygen atoms in total. The average Bonchev–Trinajstić information content (AvgIpc) is 3.05. The van der Waals surface area contributed by atoms with E-state index in [1.807, 2.05) is 0 Å². The molecule has 3 aromatic rings. The van der Waals surface area contributed by atoms with Crippen LogP contribution in [0.2, 0.25) is 0 Å². The lowest BCUT2D eigenvalue weighted by Gasteiger charge is -2.27. The van der Waals surface area contributed by atoms with Gasteiger partial charge in [-0.05, 0) is 18.1 Å². The number of aromatic amines is 1. The number of aromatic nitrogens is 3. The monoisotopic (exact) mass is 380 g/mol. The Morgan fingerprint density at radius 3 is 2.96 bits per heavy atom. The Hall–Kier alpha value is -2.44. The van der Waals surface area contributed by atoms with Gasteiger partial charge in [-0.15, -0.1) is 0 Å². The van der Waals surface area contributed by atoms with Gasteiger partial charge in [0.1, 0.15) is 5.82 Å². The lowest BCUT2D eigenvalue weighted by molar-refractivity contribution is 0.188. The number of rotatable bonds is 7. The van der Waals surface area contributed by atoms with Gasteiger partial charge in [0.2, 0.25) is 0 Å². The fourth-order valence-corrected chi connectivity index (χ4v) is 4.09. The summed E-state index contributed by atoms with van der Waals surface area (Å²) in [7, 11) is 1.73. The number of hydrogen-bond donors (Lipinski definition) is 1. The number of para-hydroxylation sites is 1. The van der Waals surface area contributed by atoms with E-state index in [-0.39, 0.29) is 5.56 Å².